The Balaban J connectivity index is 2.38. The van der Waals surface area contributed by atoms with E-state index in [9.17, 15) is 0 Å². The predicted molar refractivity (Wildman–Crippen MR) is 76.0 cm³/mol. The van der Waals surface area contributed by atoms with Crippen molar-refractivity contribution in [3.63, 3.8) is 0 Å². The second kappa shape index (κ2) is 5.35. The van der Waals surface area contributed by atoms with Crippen LogP contribution in [0.25, 0.3) is 0 Å². The first kappa shape index (κ1) is 14.1. The molecule has 102 valence electrons. The number of nitrogens with two attached hydrogens (primary N) is 1. The van der Waals surface area contributed by atoms with Gasteiger partial charge >= 0.3 is 0 Å². The van der Waals surface area contributed by atoms with Crippen LogP contribution in [-0.4, -0.2) is 12.1 Å². The molecule has 0 amide bonds. The third-order valence-electron chi connectivity index (χ3n) is 2.94. The zero-order valence-corrected chi connectivity index (χ0v) is 11.7. The van der Waals surface area contributed by atoms with Gasteiger partial charge in [-0.15, -0.1) is 0 Å². The van der Waals surface area contributed by atoms with Crippen molar-refractivity contribution >= 4 is 11.6 Å². The maximum atomic E-state index is 15.1. The third kappa shape index (κ3) is 2.99. The molecule has 0 bridgehead atoms. The largest absolute Gasteiger partial charge is 0.491 e. The molecule has 0 heterocycles. The lowest BCUT2D eigenvalue weighted by molar-refractivity contribution is 0.204. The van der Waals surface area contributed by atoms with Gasteiger partial charge in [-0.3, -0.25) is 0 Å². The molecule has 0 aromatic heterocycles. The smallest absolute Gasteiger partial charge is 0.174 e. The summed E-state index contributed by atoms with van der Waals surface area (Å²) in [6, 6.07) is 6.14. The van der Waals surface area contributed by atoms with Crippen LogP contribution in [0.2, 0.25) is 0 Å². The van der Waals surface area contributed by atoms with E-state index in [2.05, 4.69) is 0 Å². The summed E-state index contributed by atoms with van der Waals surface area (Å²) in [5.41, 5.74) is 4.49. The van der Waals surface area contributed by atoms with Gasteiger partial charge in [-0.05, 0) is 43.7 Å². The van der Waals surface area contributed by atoms with E-state index in [1.165, 1.54) is 6.08 Å². The molecule has 0 spiro atoms. The lowest BCUT2D eigenvalue weighted by Gasteiger charge is -2.30. The molecular weight excluding hydrogens is 265 g/mol. The minimum atomic E-state index is -1.80. The van der Waals surface area contributed by atoms with Gasteiger partial charge in [0.2, 0.25) is 0 Å². The van der Waals surface area contributed by atoms with Crippen LogP contribution in [0.5, 0.6) is 5.75 Å². The summed E-state index contributed by atoms with van der Waals surface area (Å²) in [5.74, 6) is 0.621. The van der Waals surface area contributed by atoms with E-state index in [-0.39, 0.29) is 6.10 Å². The van der Waals surface area contributed by atoms with E-state index in [0.29, 0.717) is 16.3 Å². The Morgan fingerprint density at radius 3 is 2.84 bits per heavy atom. The molecule has 1 aliphatic carbocycles. The Bertz CT molecular complexity index is 527. The highest BCUT2D eigenvalue weighted by Gasteiger charge is 2.37. The Labute approximate surface area is 117 Å². The molecule has 1 aliphatic rings. The van der Waals surface area contributed by atoms with Crippen LogP contribution in [-0.2, 0) is 5.67 Å². The molecule has 0 aliphatic heterocycles. The van der Waals surface area contributed by atoms with Crippen LogP contribution in [0.3, 0.4) is 0 Å². The molecular formula is C15H17ClFNO. The average Bonchev–Trinajstić information content (AvgIpc) is 2.34. The van der Waals surface area contributed by atoms with Gasteiger partial charge in [0, 0.05) is 5.03 Å². The summed E-state index contributed by atoms with van der Waals surface area (Å²) in [5, 5.41) is 0.347. The SMILES string of the molecule is CC(C)Oc1cccc(C2(F)C=C(Cl)C=CC2N)c1. The summed E-state index contributed by atoms with van der Waals surface area (Å²) in [7, 11) is 0. The van der Waals surface area contributed by atoms with E-state index < -0.39 is 11.7 Å². The van der Waals surface area contributed by atoms with Crippen LogP contribution < -0.4 is 10.5 Å². The first-order valence-electron chi connectivity index (χ1n) is 6.20. The summed E-state index contributed by atoms with van der Waals surface area (Å²) >= 11 is 5.89. The number of benzene rings is 1. The number of halogens is 2. The average molecular weight is 282 g/mol. The van der Waals surface area contributed by atoms with Gasteiger partial charge in [0.05, 0.1) is 12.1 Å². The van der Waals surface area contributed by atoms with Crippen molar-refractivity contribution < 1.29 is 9.13 Å². The summed E-state index contributed by atoms with van der Waals surface area (Å²) in [6.07, 6.45) is 4.55. The number of hydrogen-bond donors (Lipinski definition) is 1. The lowest BCUT2D eigenvalue weighted by atomic mass is 9.85. The highest BCUT2D eigenvalue weighted by Crippen LogP contribution is 2.37. The Hall–Kier alpha value is -1.32. The van der Waals surface area contributed by atoms with Crippen LogP contribution >= 0.6 is 11.6 Å². The van der Waals surface area contributed by atoms with Gasteiger partial charge in [0.1, 0.15) is 5.75 Å². The van der Waals surface area contributed by atoms with Crippen molar-refractivity contribution in [2.45, 2.75) is 31.7 Å². The lowest BCUT2D eigenvalue weighted by Crippen LogP contribution is -2.40. The molecule has 2 atom stereocenters. The molecule has 0 saturated carbocycles. The number of rotatable bonds is 3. The van der Waals surface area contributed by atoms with Crippen molar-refractivity contribution in [2.24, 2.45) is 5.73 Å². The van der Waals surface area contributed by atoms with Crippen molar-refractivity contribution in [3.05, 3.63) is 53.1 Å². The standard InChI is InChI=1S/C15H17ClFNO/c1-10(2)19-13-5-3-4-11(8-13)15(17)9-12(16)6-7-14(15)18/h3-10,14H,18H2,1-2H3. The molecule has 2 unspecified atom stereocenters. The van der Waals surface area contributed by atoms with Gasteiger partial charge in [-0.1, -0.05) is 29.8 Å². The molecule has 1 aromatic rings. The zero-order valence-electron chi connectivity index (χ0n) is 10.9. The fraction of sp³-hybridized carbons (Fsp3) is 0.333. The maximum absolute atomic E-state index is 15.1. The molecule has 19 heavy (non-hydrogen) atoms. The van der Waals surface area contributed by atoms with Crippen LogP contribution in [0.4, 0.5) is 4.39 Å². The fourth-order valence-corrected chi connectivity index (χ4v) is 2.27. The summed E-state index contributed by atoms with van der Waals surface area (Å²) in [6.45, 7) is 3.84. The van der Waals surface area contributed by atoms with Crippen LogP contribution in [0.15, 0.2) is 47.5 Å². The van der Waals surface area contributed by atoms with E-state index >= 15 is 4.39 Å². The Morgan fingerprint density at radius 2 is 2.16 bits per heavy atom. The summed E-state index contributed by atoms with van der Waals surface area (Å²) in [4.78, 5) is 0. The molecule has 0 fully saturated rings. The van der Waals surface area contributed by atoms with E-state index in [1.54, 1.807) is 36.4 Å². The third-order valence-corrected chi connectivity index (χ3v) is 3.18. The molecule has 0 saturated heterocycles. The van der Waals surface area contributed by atoms with Gasteiger partial charge in [-0.25, -0.2) is 4.39 Å². The minimum Gasteiger partial charge on any atom is -0.491 e. The van der Waals surface area contributed by atoms with Crippen molar-refractivity contribution in [2.75, 3.05) is 0 Å². The minimum absolute atomic E-state index is 0.0323. The quantitative estimate of drug-likeness (QED) is 0.918. The number of allylic oxidation sites excluding steroid dienone is 2. The summed E-state index contributed by atoms with van der Waals surface area (Å²) < 4.78 is 20.6. The number of alkyl halides is 1. The molecule has 1 aromatic carbocycles. The van der Waals surface area contributed by atoms with Crippen molar-refractivity contribution in [1.29, 1.82) is 0 Å². The molecule has 2 rings (SSSR count). The second-order valence-electron chi connectivity index (χ2n) is 4.88. The second-order valence-corrected chi connectivity index (χ2v) is 5.31. The molecule has 2 nitrogen and oxygen atoms in total. The van der Waals surface area contributed by atoms with E-state index in [4.69, 9.17) is 22.1 Å². The number of ether oxygens (including phenoxy) is 1. The molecule has 2 N–H and O–H groups in total. The van der Waals surface area contributed by atoms with E-state index in [0.717, 1.165) is 0 Å². The van der Waals surface area contributed by atoms with Gasteiger partial charge in [0.25, 0.3) is 0 Å². The first-order chi connectivity index (χ1) is 8.91. The fourth-order valence-electron chi connectivity index (χ4n) is 2.04. The van der Waals surface area contributed by atoms with Crippen molar-refractivity contribution in [1.82, 2.24) is 0 Å². The first-order valence-corrected chi connectivity index (χ1v) is 6.58. The highest BCUT2D eigenvalue weighted by atomic mass is 35.5. The predicted octanol–water partition coefficient (Wildman–Crippen LogP) is 3.66. The van der Waals surface area contributed by atoms with Crippen LogP contribution in [0, 0.1) is 0 Å². The Morgan fingerprint density at radius 1 is 1.42 bits per heavy atom. The number of hydrogen-bond acceptors (Lipinski definition) is 2. The van der Waals surface area contributed by atoms with E-state index in [1.807, 2.05) is 13.8 Å². The maximum Gasteiger partial charge on any atom is 0.174 e. The highest BCUT2D eigenvalue weighted by molar-refractivity contribution is 6.31. The molecule has 0 radical (unpaired) electrons. The van der Waals surface area contributed by atoms with Crippen LogP contribution in [0.1, 0.15) is 19.4 Å². The normalized spacial score (nSPS) is 26.4. The van der Waals surface area contributed by atoms with Gasteiger partial charge < -0.3 is 10.5 Å². The van der Waals surface area contributed by atoms with Gasteiger partial charge in [0.15, 0.2) is 5.67 Å². The zero-order chi connectivity index (χ0) is 14.0. The Kier molecular flexibility index (Phi) is 3.97. The van der Waals surface area contributed by atoms with Crippen molar-refractivity contribution in [3.8, 4) is 5.75 Å². The monoisotopic (exact) mass is 281 g/mol. The molecule has 4 heteroatoms. The topological polar surface area (TPSA) is 35.2 Å². The van der Waals surface area contributed by atoms with Gasteiger partial charge in [-0.2, -0.15) is 0 Å².